The fourth-order valence-corrected chi connectivity index (χ4v) is 2.49. The molecule has 1 saturated heterocycles. The Bertz CT molecular complexity index is 566. The largest absolute Gasteiger partial charge is 0.442 e. The number of ether oxygens (including phenoxy) is 1. The molecule has 2 amide bonds. The van der Waals surface area contributed by atoms with Crippen molar-refractivity contribution in [2.24, 2.45) is 5.73 Å². The maximum atomic E-state index is 11.9. The van der Waals surface area contributed by atoms with Crippen LogP contribution in [0.4, 0.5) is 10.5 Å². The van der Waals surface area contributed by atoms with Crippen LogP contribution in [-0.4, -0.2) is 31.2 Å². The van der Waals surface area contributed by atoms with Gasteiger partial charge in [0.15, 0.2) is 0 Å². The molecule has 21 heavy (non-hydrogen) atoms. The molecule has 2 fully saturated rings. The van der Waals surface area contributed by atoms with Gasteiger partial charge in [0.05, 0.1) is 13.1 Å². The van der Waals surface area contributed by atoms with Gasteiger partial charge in [0, 0.05) is 18.2 Å². The van der Waals surface area contributed by atoms with Crippen LogP contribution >= 0.6 is 0 Å². The first-order valence-electron chi connectivity index (χ1n) is 7.10. The molecule has 1 atom stereocenters. The van der Waals surface area contributed by atoms with Crippen molar-refractivity contribution in [2.45, 2.75) is 31.4 Å². The lowest BCUT2D eigenvalue weighted by Gasteiger charge is -2.15. The molecule has 1 saturated carbocycles. The summed E-state index contributed by atoms with van der Waals surface area (Å²) in [5.41, 5.74) is 7.87. The van der Waals surface area contributed by atoms with Crippen molar-refractivity contribution >= 4 is 17.7 Å². The van der Waals surface area contributed by atoms with Crippen molar-refractivity contribution in [3.63, 3.8) is 0 Å². The highest BCUT2D eigenvalue weighted by molar-refractivity contribution is 5.89. The predicted octanol–water partition coefficient (Wildman–Crippen LogP) is 1.10. The number of rotatable bonds is 4. The van der Waals surface area contributed by atoms with Crippen LogP contribution in [-0.2, 0) is 15.1 Å². The zero-order valence-electron chi connectivity index (χ0n) is 12.0. The maximum Gasteiger partial charge on any atom is 0.414 e. The summed E-state index contributed by atoms with van der Waals surface area (Å²) in [4.78, 5) is 24.4. The number of nitrogens with one attached hydrogen (secondary N) is 1. The van der Waals surface area contributed by atoms with E-state index in [-0.39, 0.29) is 23.6 Å². The summed E-state index contributed by atoms with van der Waals surface area (Å²) in [5, 5.41) is 2.66. The van der Waals surface area contributed by atoms with Crippen LogP contribution in [0, 0.1) is 0 Å². The van der Waals surface area contributed by atoms with Crippen molar-refractivity contribution in [1.82, 2.24) is 5.32 Å². The predicted molar refractivity (Wildman–Crippen MR) is 77.8 cm³/mol. The smallest absolute Gasteiger partial charge is 0.414 e. The van der Waals surface area contributed by atoms with Gasteiger partial charge in [-0.15, -0.1) is 0 Å². The van der Waals surface area contributed by atoms with E-state index in [2.05, 4.69) is 5.32 Å². The minimum absolute atomic E-state index is 0.133. The third-order valence-electron chi connectivity index (χ3n) is 4.00. The van der Waals surface area contributed by atoms with Crippen molar-refractivity contribution in [2.75, 3.05) is 18.0 Å². The number of carbonyl (C=O) groups is 2. The first-order valence-corrected chi connectivity index (χ1v) is 7.10. The fourth-order valence-electron chi connectivity index (χ4n) is 2.49. The first kappa shape index (κ1) is 13.9. The molecule has 1 aliphatic heterocycles. The number of anilines is 1. The van der Waals surface area contributed by atoms with Gasteiger partial charge in [0.2, 0.25) is 5.91 Å². The summed E-state index contributed by atoms with van der Waals surface area (Å²) in [6.45, 7) is 2.21. The van der Waals surface area contributed by atoms with Gasteiger partial charge in [-0.1, -0.05) is 12.1 Å². The average Bonchev–Trinajstić information content (AvgIpc) is 3.09. The van der Waals surface area contributed by atoms with E-state index in [0.717, 1.165) is 24.1 Å². The van der Waals surface area contributed by atoms with Crippen LogP contribution in [0.2, 0.25) is 0 Å². The van der Waals surface area contributed by atoms with E-state index >= 15 is 0 Å². The molecule has 1 aromatic rings. The van der Waals surface area contributed by atoms with Crippen molar-refractivity contribution < 1.29 is 14.3 Å². The maximum absolute atomic E-state index is 11.9. The minimum Gasteiger partial charge on any atom is -0.442 e. The lowest BCUT2D eigenvalue weighted by Crippen LogP contribution is -2.33. The number of carbonyl (C=O) groups excluding carboxylic acids is 2. The molecule has 0 bridgehead atoms. The molecular weight excluding hydrogens is 270 g/mol. The zero-order chi connectivity index (χ0) is 15.0. The van der Waals surface area contributed by atoms with Crippen LogP contribution in [0.3, 0.4) is 0 Å². The van der Waals surface area contributed by atoms with E-state index in [1.165, 1.54) is 6.92 Å². The summed E-state index contributed by atoms with van der Waals surface area (Å²) in [5.74, 6) is -0.133. The molecule has 1 aromatic carbocycles. The van der Waals surface area contributed by atoms with Crippen molar-refractivity contribution in [1.29, 1.82) is 0 Å². The topological polar surface area (TPSA) is 84.7 Å². The van der Waals surface area contributed by atoms with Gasteiger partial charge in [-0.2, -0.15) is 0 Å². The number of hydrogen-bond acceptors (Lipinski definition) is 4. The van der Waals surface area contributed by atoms with E-state index < -0.39 is 0 Å². The van der Waals surface area contributed by atoms with Gasteiger partial charge in [0.25, 0.3) is 0 Å². The number of amides is 2. The molecule has 1 unspecified atom stereocenters. The third-order valence-corrected chi connectivity index (χ3v) is 4.00. The Kier molecular flexibility index (Phi) is 3.33. The number of cyclic esters (lactones) is 1. The van der Waals surface area contributed by atoms with Crippen LogP contribution in [0.15, 0.2) is 24.3 Å². The Morgan fingerprint density at radius 2 is 2.10 bits per heavy atom. The van der Waals surface area contributed by atoms with Crippen molar-refractivity contribution in [3.05, 3.63) is 29.8 Å². The number of hydrogen-bond donors (Lipinski definition) is 2. The normalized spacial score (nSPS) is 22.9. The molecule has 1 heterocycles. The Labute approximate surface area is 123 Å². The summed E-state index contributed by atoms with van der Waals surface area (Å²) in [7, 11) is 0. The molecular formula is C15H19N3O3. The molecule has 1 aliphatic carbocycles. The minimum atomic E-state index is -0.382. The van der Waals surface area contributed by atoms with E-state index in [0.29, 0.717) is 13.1 Å². The Morgan fingerprint density at radius 3 is 2.67 bits per heavy atom. The molecule has 3 N–H and O–H groups in total. The van der Waals surface area contributed by atoms with Gasteiger partial charge >= 0.3 is 6.09 Å². The quantitative estimate of drug-likeness (QED) is 0.869. The number of nitrogens with two attached hydrogens (primary N) is 1. The number of benzene rings is 1. The van der Waals surface area contributed by atoms with Crippen LogP contribution in [0.25, 0.3) is 0 Å². The highest BCUT2D eigenvalue weighted by atomic mass is 16.6. The second-order valence-corrected chi connectivity index (χ2v) is 5.76. The van der Waals surface area contributed by atoms with E-state index in [1.807, 2.05) is 24.3 Å². The van der Waals surface area contributed by atoms with E-state index in [4.69, 9.17) is 10.5 Å². The first-order chi connectivity index (χ1) is 9.98. The Hall–Kier alpha value is -2.08. The standard InChI is InChI=1S/C15H19N3O3/c1-10(19)17-8-13-9-18(14(20)21-13)12-4-2-11(3-5-12)15(16)6-7-15/h2-5,13H,6-9,16H2,1H3,(H,17,19). The summed E-state index contributed by atoms with van der Waals surface area (Å²) < 4.78 is 5.24. The number of nitrogens with zero attached hydrogens (tertiary/aromatic N) is 1. The third kappa shape index (κ3) is 2.85. The lowest BCUT2D eigenvalue weighted by molar-refractivity contribution is -0.119. The second kappa shape index (κ2) is 5.04. The SMILES string of the molecule is CC(=O)NCC1CN(c2ccc(C3(N)CC3)cc2)C(=O)O1. The summed E-state index contributed by atoms with van der Waals surface area (Å²) in [6, 6.07) is 7.72. The summed E-state index contributed by atoms with van der Waals surface area (Å²) >= 11 is 0. The molecule has 6 heteroatoms. The van der Waals surface area contributed by atoms with Crippen LogP contribution < -0.4 is 16.0 Å². The highest BCUT2D eigenvalue weighted by Gasteiger charge is 2.40. The average molecular weight is 289 g/mol. The molecule has 0 spiro atoms. The monoisotopic (exact) mass is 289 g/mol. The Morgan fingerprint density at radius 1 is 1.43 bits per heavy atom. The van der Waals surface area contributed by atoms with Crippen LogP contribution in [0.1, 0.15) is 25.3 Å². The van der Waals surface area contributed by atoms with Crippen LogP contribution in [0.5, 0.6) is 0 Å². The van der Waals surface area contributed by atoms with E-state index in [1.54, 1.807) is 4.90 Å². The molecule has 2 aliphatic rings. The fraction of sp³-hybridized carbons (Fsp3) is 0.467. The lowest BCUT2D eigenvalue weighted by atomic mass is 10.1. The molecule has 0 radical (unpaired) electrons. The molecule has 112 valence electrons. The van der Waals surface area contributed by atoms with Gasteiger partial charge in [-0.05, 0) is 30.5 Å². The Balaban J connectivity index is 1.66. The van der Waals surface area contributed by atoms with Crippen molar-refractivity contribution in [3.8, 4) is 0 Å². The molecule has 3 rings (SSSR count). The van der Waals surface area contributed by atoms with Gasteiger partial charge in [-0.3, -0.25) is 9.69 Å². The zero-order valence-corrected chi connectivity index (χ0v) is 12.0. The van der Waals surface area contributed by atoms with Gasteiger partial charge in [-0.25, -0.2) is 4.79 Å². The van der Waals surface area contributed by atoms with E-state index in [9.17, 15) is 9.59 Å². The summed E-state index contributed by atoms with van der Waals surface area (Å²) in [6.07, 6.45) is 1.32. The second-order valence-electron chi connectivity index (χ2n) is 5.76. The van der Waals surface area contributed by atoms with Gasteiger partial charge < -0.3 is 15.8 Å². The highest BCUT2D eigenvalue weighted by Crippen LogP contribution is 2.43. The van der Waals surface area contributed by atoms with Gasteiger partial charge in [0.1, 0.15) is 6.10 Å². The molecule has 0 aromatic heterocycles. The molecule has 6 nitrogen and oxygen atoms in total.